The van der Waals surface area contributed by atoms with Crippen LogP contribution in [0.3, 0.4) is 0 Å². The first-order chi connectivity index (χ1) is 23.4. The van der Waals surface area contributed by atoms with Gasteiger partial charge in [0.25, 0.3) is 0 Å². The summed E-state index contributed by atoms with van der Waals surface area (Å²) < 4.78 is 52.2. The van der Waals surface area contributed by atoms with Gasteiger partial charge in [-0.05, 0) is 17.5 Å². The number of nitrogens with zero attached hydrogens (tertiary/aromatic N) is 3. The molecule has 0 atom stereocenters. The molecule has 8 nitrogen and oxygen atoms in total. The van der Waals surface area contributed by atoms with E-state index in [2.05, 4.69) is 97.7 Å². The van der Waals surface area contributed by atoms with Gasteiger partial charge in [0.05, 0.1) is 5.52 Å². The van der Waals surface area contributed by atoms with E-state index in [9.17, 15) is 13.0 Å². The standard InChI is InChI=1S/C39H41N3O5SSe/c1-6-40-33-18-26(2)35(46-5)23-36(33)49-38(40)21-28-19-27(24-39(3,4)25-28)20-37-42(15-9-17-48(43,44)45)32-22-30(12-13-34(32)47-37)41-16-14-29-10-7-8-11-31(29)41/h7-8,10-14,16,18-23H,6,9,15,17,24-25H2,1-5H3/p+1. The Bertz CT molecular complexity index is 2290. The topological polar surface area (TPSA) is 84.9 Å². The Morgan fingerprint density at radius 1 is 1.08 bits per heavy atom. The van der Waals surface area contributed by atoms with E-state index in [-0.39, 0.29) is 32.1 Å². The summed E-state index contributed by atoms with van der Waals surface area (Å²) in [5.74, 6) is 1.99. The van der Waals surface area contributed by atoms with Crippen LogP contribution >= 0.6 is 0 Å². The zero-order valence-corrected chi connectivity index (χ0v) is 31.1. The molecule has 2 aromatic heterocycles. The second-order valence-corrected chi connectivity index (χ2v) is 17.5. The molecule has 1 aliphatic carbocycles. The maximum atomic E-state index is 11.7. The van der Waals surface area contributed by atoms with Crippen molar-refractivity contribution in [3.63, 3.8) is 0 Å². The van der Waals surface area contributed by atoms with Gasteiger partial charge < -0.3 is 0 Å². The zero-order chi connectivity index (χ0) is 34.5. The predicted molar refractivity (Wildman–Crippen MR) is 197 cm³/mol. The minimum atomic E-state index is -4.09. The summed E-state index contributed by atoms with van der Waals surface area (Å²) in [6.45, 7) is 10.2. The number of anilines is 1. The fourth-order valence-electron chi connectivity index (χ4n) is 7.19. The average Bonchev–Trinajstić information content (AvgIpc) is 3.72. The van der Waals surface area contributed by atoms with Crippen LogP contribution in [0.15, 0.2) is 96.0 Å². The number of allylic oxidation sites excluding steroid dienone is 4. The fraction of sp³-hybridized carbons (Fsp3) is 0.308. The van der Waals surface area contributed by atoms with Gasteiger partial charge in [-0.2, -0.15) is 8.42 Å². The number of fused-ring (bicyclic) bond motifs is 3. The number of aromatic nitrogens is 2. The summed E-state index contributed by atoms with van der Waals surface area (Å²) in [6.07, 6.45) is 10.9. The van der Waals surface area contributed by atoms with E-state index >= 15 is 0 Å². The Morgan fingerprint density at radius 2 is 1.90 bits per heavy atom. The molecule has 0 spiro atoms. The van der Waals surface area contributed by atoms with Gasteiger partial charge in [-0.25, -0.2) is 0 Å². The Morgan fingerprint density at radius 3 is 2.67 bits per heavy atom. The van der Waals surface area contributed by atoms with Crippen molar-refractivity contribution in [2.24, 2.45) is 5.41 Å². The third-order valence-corrected chi connectivity index (χ3v) is 12.4. The first-order valence-electron chi connectivity index (χ1n) is 16.7. The van der Waals surface area contributed by atoms with Crippen molar-refractivity contribution in [3.8, 4) is 17.2 Å². The number of benzene rings is 3. The number of aryl methyl sites for hydroxylation is 2. The van der Waals surface area contributed by atoms with Crippen molar-refractivity contribution in [1.29, 1.82) is 0 Å². The fourth-order valence-corrected chi connectivity index (χ4v) is 10.2. The predicted octanol–water partition coefficient (Wildman–Crippen LogP) is 7.61. The van der Waals surface area contributed by atoms with E-state index in [0.29, 0.717) is 12.4 Å². The van der Waals surface area contributed by atoms with E-state index in [4.69, 9.17) is 9.47 Å². The van der Waals surface area contributed by atoms with E-state index in [1.807, 2.05) is 29.2 Å². The van der Waals surface area contributed by atoms with Gasteiger partial charge in [-0.3, -0.25) is 4.55 Å². The summed E-state index contributed by atoms with van der Waals surface area (Å²) in [6, 6.07) is 20.9. The normalized spacial score (nSPS) is 17.6. The van der Waals surface area contributed by atoms with Crippen LogP contribution in [0.4, 0.5) is 5.69 Å². The summed E-state index contributed by atoms with van der Waals surface area (Å²) in [5, 5.41) is 1.15. The molecule has 3 aromatic carbocycles. The number of methoxy groups -OCH3 is 1. The molecule has 0 saturated carbocycles. The van der Waals surface area contributed by atoms with Crippen LogP contribution in [-0.2, 0) is 16.7 Å². The molecule has 0 unspecified atom stereocenters. The van der Waals surface area contributed by atoms with Crippen LogP contribution in [0, 0.1) is 12.3 Å². The number of para-hydroxylation sites is 1. The molecule has 0 radical (unpaired) electrons. The molecular weight excluding hydrogens is 701 g/mol. The quantitative estimate of drug-likeness (QED) is 0.0951. The molecule has 1 aliphatic heterocycles. The van der Waals surface area contributed by atoms with E-state index in [1.165, 1.54) is 19.9 Å². The molecule has 1 N–H and O–H groups in total. The number of rotatable bonds is 9. The molecule has 7 rings (SSSR count). The van der Waals surface area contributed by atoms with E-state index in [1.54, 1.807) is 7.11 Å². The SMILES string of the molecule is CC[n+]1c(/C=C2C=C(/C=C3\Oc4ccc(-n5ccc6ccccc65)cc4N3CCCS(=O)(=O)O)CC(C)(C)C\2)[se]c2cc(OC)c(C)cc21. The molecule has 0 fully saturated rings. The Kier molecular flexibility index (Phi) is 8.86. The van der Waals surface area contributed by atoms with Crippen molar-refractivity contribution >= 4 is 57.1 Å². The summed E-state index contributed by atoms with van der Waals surface area (Å²) >= 11 is 0.163. The summed E-state index contributed by atoms with van der Waals surface area (Å²) in [5.41, 5.74) is 7.85. The molecule has 5 aromatic rings. The van der Waals surface area contributed by atoms with Gasteiger partial charge in [0.15, 0.2) is 0 Å². The maximum absolute atomic E-state index is 11.7. The molecular formula is C39H42N3O5SSe+. The second kappa shape index (κ2) is 13.0. The zero-order valence-electron chi connectivity index (χ0n) is 28.6. The van der Waals surface area contributed by atoms with Crippen LogP contribution in [0.2, 0.25) is 0 Å². The molecule has 0 bridgehead atoms. The third-order valence-electron chi connectivity index (χ3n) is 9.29. The first-order valence-corrected chi connectivity index (χ1v) is 20.0. The summed E-state index contributed by atoms with van der Waals surface area (Å²) in [7, 11) is -2.36. The van der Waals surface area contributed by atoms with Crippen molar-refractivity contribution in [1.82, 2.24) is 4.57 Å². The van der Waals surface area contributed by atoms with Crippen LogP contribution in [0.5, 0.6) is 11.5 Å². The first kappa shape index (κ1) is 33.4. The van der Waals surface area contributed by atoms with E-state index in [0.717, 1.165) is 64.3 Å². The molecule has 0 amide bonds. The van der Waals surface area contributed by atoms with Crippen molar-refractivity contribution in [2.45, 2.75) is 53.5 Å². The monoisotopic (exact) mass is 744 g/mol. The number of hydrogen-bond donors (Lipinski definition) is 1. The van der Waals surface area contributed by atoms with Gasteiger partial charge in [0.1, 0.15) is 0 Å². The minimum absolute atomic E-state index is 0.0345. The second-order valence-electron chi connectivity index (χ2n) is 13.7. The van der Waals surface area contributed by atoms with Gasteiger partial charge in [-0.1, -0.05) is 18.2 Å². The summed E-state index contributed by atoms with van der Waals surface area (Å²) in [4.78, 5) is 2.04. The molecule has 254 valence electrons. The average molecular weight is 744 g/mol. The van der Waals surface area contributed by atoms with Crippen molar-refractivity contribution in [2.75, 3.05) is 24.3 Å². The van der Waals surface area contributed by atoms with Crippen molar-refractivity contribution in [3.05, 3.63) is 106 Å². The Balaban J connectivity index is 1.26. The van der Waals surface area contributed by atoms with Crippen LogP contribution in [0.25, 0.3) is 32.4 Å². The molecule has 10 heteroatoms. The molecule has 0 saturated heterocycles. The van der Waals surface area contributed by atoms with Crippen molar-refractivity contribution < 1.29 is 27.0 Å². The molecule has 2 aliphatic rings. The van der Waals surface area contributed by atoms with Gasteiger partial charge >= 0.3 is 235 Å². The Labute approximate surface area is 294 Å². The van der Waals surface area contributed by atoms with E-state index < -0.39 is 10.1 Å². The number of ether oxygens (including phenoxy) is 2. The van der Waals surface area contributed by atoms with Crippen LogP contribution in [-0.4, -0.2) is 51.4 Å². The third kappa shape index (κ3) is 6.88. The van der Waals surface area contributed by atoms with Gasteiger partial charge in [0.2, 0.25) is 0 Å². The van der Waals surface area contributed by atoms with Crippen LogP contribution in [0.1, 0.15) is 50.2 Å². The Hall–Kier alpha value is -4.08. The van der Waals surface area contributed by atoms with Crippen LogP contribution < -0.4 is 18.9 Å². The molecule has 3 heterocycles. The van der Waals surface area contributed by atoms with Gasteiger partial charge in [-0.15, -0.1) is 0 Å². The van der Waals surface area contributed by atoms with Gasteiger partial charge in [0, 0.05) is 6.20 Å². The number of hydrogen-bond acceptors (Lipinski definition) is 5. The molecule has 49 heavy (non-hydrogen) atoms.